The number of piperazine rings is 1. The van der Waals surface area contributed by atoms with Gasteiger partial charge in [0, 0.05) is 43.5 Å². The molecule has 2 aliphatic rings. The molecule has 2 amide bonds. The van der Waals surface area contributed by atoms with E-state index in [-0.39, 0.29) is 6.03 Å². The van der Waals surface area contributed by atoms with E-state index in [1.54, 1.807) is 29.4 Å². The minimum Gasteiger partial charge on any atom is -0.489 e. The van der Waals surface area contributed by atoms with Crippen molar-refractivity contribution in [3.63, 3.8) is 0 Å². The van der Waals surface area contributed by atoms with Gasteiger partial charge in [-0.25, -0.2) is 9.78 Å². The average Bonchev–Trinajstić information content (AvgIpc) is 2.67. The lowest BCUT2D eigenvalue weighted by Crippen LogP contribution is -2.54. The Labute approximate surface area is 157 Å². The standard InChI is InChI=1S/C18H20ClN5O2/c1-13-11-20-12-17(21-13)22-4-6-23(7-5-22)18(25)24-8-9-26-16-10-14(19)2-3-15(16)24/h2-3,10-12H,4-9H2,1H3. The monoisotopic (exact) mass is 373 g/mol. The molecule has 4 rings (SSSR count). The second-order valence-electron chi connectivity index (χ2n) is 6.39. The van der Waals surface area contributed by atoms with Crippen LogP contribution in [0.25, 0.3) is 0 Å². The molecule has 3 heterocycles. The first-order valence-corrected chi connectivity index (χ1v) is 9.02. The number of ether oxygens (including phenoxy) is 1. The molecule has 1 aromatic heterocycles. The van der Waals surface area contributed by atoms with E-state index < -0.39 is 0 Å². The third-order valence-electron chi connectivity index (χ3n) is 4.63. The number of carbonyl (C=O) groups is 1. The van der Waals surface area contributed by atoms with E-state index >= 15 is 0 Å². The predicted octanol–water partition coefficient (Wildman–Crippen LogP) is 2.58. The number of aromatic nitrogens is 2. The van der Waals surface area contributed by atoms with Gasteiger partial charge in [-0.3, -0.25) is 9.88 Å². The second kappa shape index (κ2) is 6.99. The van der Waals surface area contributed by atoms with Crippen LogP contribution in [0.3, 0.4) is 0 Å². The van der Waals surface area contributed by atoms with E-state index in [4.69, 9.17) is 16.3 Å². The zero-order valence-electron chi connectivity index (χ0n) is 14.6. The smallest absolute Gasteiger partial charge is 0.324 e. The number of nitrogens with zero attached hydrogens (tertiary/aromatic N) is 5. The fourth-order valence-electron chi connectivity index (χ4n) is 3.29. The van der Waals surface area contributed by atoms with E-state index in [2.05, 4.69) is 14.9 Å². The van der Waals surface area contributed by atoms with Crippen LogP contribution in [-0.2, 0) is 0 Å². The molecule has 2 aromatic rings. The molecule has 2 aliphatic heterocycles. The van der Waals surface area contributed by atoms with E-state index in [0.717, 1.165) is 30.3 Å². The second-order valence-corrected chi connectivity index (χ2v) is 6.82. The fourth-order valence-corrected chi connectivity index (χ4v) is 3.45. The van der Waals surface area contributed by atoms with Gasteiger partial charge >= 0.3 is 6.03 Å². The van der Waals surface area contributed by atoms with Crippen LogP contribution in [0, 0.1) is 6.92 Å². The zero-order valence-corrected chi connectivity index (χ0v) is 15.3. The highest BCUT2D eigenvalue weighted by molar-refractivity contribution is 6.30. The summed E-state index contributed by atoms with van der Waals surface area (Å²) in [5.74, 6) is 1.52. The molecule has 0 saturated carbocycles. The first-order chi connectivity index (χ1) is 12.6. The molecule has 8 heteroatoms. The number of aryl methyl sites for hydroxylation is 1. The molecule has 26 heavy (non-hydrogen) atoms. The minimum atomic E-state index is 0.00634. The topological polar surface area (TPSA) is 61.8 Å². The van der Waals surface area contributed by atoms with Crippen LogP contribution in [0.2, 0.25) is 5.02 Å². The van der Waals surface area contributed by atoms with Crippen LogP contribution in [0.4, 0.5) is 16.3 Å². The summed E-state index contributed by atoms with van der Waals surface area (Å²) < 4.78 is 5.64. The molecule has 0 aliphatic carbocycles. The number of hydrogen-bond donors (Lipinski definition) is 0. The first-order valence-electron chi connectivity index (χ1n) is 8.64. The molecule has 136 valence electrons. The molecule has 0 atom stereocenters. The Hall–Kier alpha value is -2.54. The number of amides is 2. The lowest BCUT2D eigenvalue weighted by atomic mass is 10.2. The summed E-state index contributed by atoms with van der Waals surface area (Å²) in [5, 5.41) is 0.603. The maximum absolute atomic E-state index is 13.0. The van der Waals surface area contributed by atoms with Gasteiger partial charge in [0.05, 0.1) is 24.1 Å². The van der Waals surface area contributed by atoms with E-state index in [0.29, 0.717) is 37.0 Å². The number of carbonyl (C=O) groups excluding carboxylic acids is 1. The molecule has 0 N–H and O–H groups in total. The summed E-state index contributed by atoms with van der Waals surface area (Å²) in [7, 11) is 0. The van der Waals surface area contributed by atoms with Gasteiger partial charge in [-0.15, -0.1) is 0 Å². The van der Waals surface area contributed by atoms with E-state index in [9.17, 15) is 4.79 Å². The molecule has 7 nitrogen and oxygen atoms in total. The lowest BCUT2D eigenvalue weighted by Gasteiger charge is -2.39. The van der Waals surface area contributed by atoms with Gasteiger partial charge < -0.3 is 14.5 Å². The van der Waals surface area contributed by atoms with Crippen molar-refractivity contribution in [1.29, 1.82) is 0 Å². The highest BCUT2D eigenvalue weighted by Crippen LogP contribution is 2.34. The summed E-state index contributed by atoms with van der Waals surface area (Å²) in [4.78, 5) is 27.5. The number of fused-ring (bicyclic) bond motifs is 1. The molecular formula is C18H20ClN5O2. The van der Waals surface area contributed by atoms with E-state index in [1.807, 2.05) is 17.9 Å². The maximum Gasteiger partial charge on any atom is 0.324 e. The highest BCUT2D eigenvalue weighted by Gasteiger charge is 2.30. The predicted molar refractivity (Wildman–Crippen MR) is 100 cm³/mol. The Morgan fingerprint density at radius 2 is 1.96 bits per heavy atom. The van der Waals surface area contributed by atoms with Gasteiger partial charge in [-0.2, -0.15) is 0 Å². The van der Waals surface area contributed by atoms with Crippen molar-refractivity contribution in [3.05, 3.63) is 41.3 Å². The summed E-state index contributed by atoms with van der Waals surface area (Å²) >= 11 is 6.03. The van der Waals surface area contributed by atoms with Crippen LogP contribution >= 0.6 is 11.6 Å². The highest BCUT2D eigenvalue weighted by atomic mass is 35.5. The van der Waals surface area contributed by atoms with Crippen molar-refractivity contribution in [2.24, 2.45) is 0 Å². The van der Waals surface area contributed by atoms with Crippen molar-refractivity contribution < 1.29 is 9.53 Å². The number of rotatable bonds is 1. The molecule has 0 radical (unpaired) electrons. The lowest BCUT2D eigenvalue weighted by molar-refractivity contribution is 0.196. The molecule has 0 bridgehead atoms. The van der Waals surface area contributed by atoms with Crippen molar-refractivity contribution in [2.75, 3.05) is 49.1 Å². The summed E-state index contributed by atoms with van der Waals surface area (Å²) in [5.41, 5.74) is 1.67. The quantitative estimate of drug-likeness (QED) is 0.768. The minimum absolute atomic E-state index is 0.00634. The van der Waals surface area contributed by atoms with Crippen molar-refractivity contribution in [2.45, 2.75) is 6.92 Å². The fraction of sp³-hybridized carbons (Fsp3) is 0.389. The van der Waals surface area contributed by atoms with Crippen molar-refractivity contribution in [1.82, 2.24) is 14.9 Å². The van der Waals surface area contributed by atoms with Crippen LogP contribution < -0.4 is 14.5 Å². The average molecular weight is 374 g/mol. The van der Waals surface area contributed by atoms with Crippen LogP contribution in [0.1, 0.15) is 5.69 Å². The maximum atomic E-state index is 13.0. The Morgan fingerprint density at radius 1 is 1.15 bits per heavy atom. The Bertz CT molecular complexity index is 823. The first kappa shape index (κ1) is 16.9. The Morgan fingerprint density at radius 3 is 2.73 bits per heavy atom. The number of benzene rings is 1. The molecule has 0 spiro atoms. The number of hydrogen-bond acceptors (Lipinski definition) is 5. The summed E-state index contributed by atoms with van der Waals surface area (Å²) in [6.45, 7) is 5.71. The number of anilines is 2. The Balaban J connectivity index is 1.45. The largest absolute Gasteiger partial charge is 0.489 e. The van der Waals surface area contributed by atoms with Gasteiger partial charge in [0.25, 0.3) is 0 Å². The normalized spacial score (nSPS) is 16.9. The SMILES string of the molecule is Cc1cncc(N2CCN(C(=O)N3CCOc4cc(Cl)ccc43)CC2)n1. The third-order valence-corrected chi connectivity index (χ3v) is 4.87. The van der Waals surface area contributed by atoms with Crippen molar-refractivity contribution >= 4 is 29.1 Å². The van der Waals surface area contributed by atoms with Gasteiger partial charge in [0.1, 0.15) is 18.2 Å². The van der Waals surface area contributed by atoms with Crippen LogP contribution in [0.15, 0.2) is 30.6 Å². The third kappa shape index (κ3) is 3.26. The molecule has 1 aromatic carbocycles. The van der Waals surface area contributed by atoms with Crippen LogP contribution in [0.5, 0.6) is 5.75 Å². The van der Waals surface area contributed by atoms with Crippen molar-refractivity contribution in [3.8, 4) is 5.75 Å². The zero-order chi connectivity index (χ0) is 18.1. The summed E-state index contributed by atoms with van der Waals surface area (Å²) in [6.07, 6.45) is 3.51. The van der Waals surface area contributed by atoms with Gasteiger partial charge in [-0.1, -0.05) is 11.6 Å². The van der Waals surface area contributed by atoms with Crippen LogP contribution in [-0.4, -0.2) is 60.2 Å². The number of urea groups is 1. The Kier molecular flexibility index (Phi) is 4.55. The summed E-state index contributed by atoms with van der Waals surface area (Å²) in [6, 6.07) is 5.38. The molecule has 1 fully saturated rings. The van der Waals surface area contributed by atoms with E-state index in [1.165, 1.54) is 0 Å². The van der Waals surface area contributed by atoms with Gasteiger partial charge in [0.15, 0.2) is 0 Å². The molecular weight excluding hydrogens is 354 g/mol. The van der Waals surface area contributed by atoms with Gasteiger partial charge in [-0.05, 0) is 19.1 Å². The number of halogens is 1. The molecule has 1 saturated heterocycles. The molecule has 0 unspecified atom stereocenters. The van der Waals surface area contributed by atoms with Gasteiger partial charge in [0.2, 0.25) is 0 Å².